The van der Waals surface area contributed by atoms with Crippen LogP contribution in [-0.4, -0.2) is 20.9 Å². The molecule has 0 aliphatic rings. The quantitative estimate of drug-likeness (QED) is 0.795. The number of hydrogen-bond acceptors (Lipinski definition) is 3. The first kappa shape index (κ1) is 13.4. The molecule has 0 aliphatic heterocycles. The van der Waals surface area contributed by atoms with Crippen molar-refractivity contribution in [2.24, 2.45) is 14.1 Å². The fourth-order valence-corrected chi connectivity index (χ4v) is 2.53. The van der Waals surface area contributed by atoms with Crippen LogP contribution < -0.4 is 10.9 Å². The maximum Gasteiger partial charge on any atom is 0.252 e. The highest BCUT2D eigenvalue weighted by Gasteiger charge is 2.06. The number of benzene rings is 1. The number of aryl methyl sites for hydroxylation is 2. The largest absolute Gasteiger partial charge is 0.384 e. The number of nitrogens with one attached hydrogen (secondary N) is 1. The molecule has 0 fully saturated rings. The summed E-state index contributed by atoms with van der Waals surface area (Å²) >= 11 is 0. The van der Waals surface area contributed by atoms with Crippen LogP contribution in [0.5, 0.6) is 0 Å². The first-order valence-electron chi connectivity index (χ1n) is 6.96. The summed E-state index contributed by atoms with van der Waals surface area (Å²) in [6.45, 7) is 0.761. The number of fused-ring (bicyclic) bond motifs is 1. The molecule has 108 valence electrons. The van der Waals surface area contributed by atoms with E-state index in [0.29, 0.717) is 0 Å². The number of para-hydroxylation sites is 1. The number of rotatable bonds is 4. The van der Waals surface area contributed by atoms with Crippen molar-refractivity contribution in [2.45, 2.75) is 6.42 Å². The van der Waals surface area contributed by atoms with E-state index in [9.17, 15) is 4.79 Å². The maximum absolute atomic E-state index is 12.0. The van der Waals surface area contributed by atoms with Gasteiger partial charge in [-0.05, 0) is 12.1 Å². The van der Waals surface area contributed by atoms with Gasteiger partial charge < -0.3 is 9.88 Å². The van der Waals surface area contributed by atoms with Crippen molar-refractivity contribution < 1.29 is 0 Å². The van der Waals surface area contributed by atoms with Crippen LogP contribution in [0.15, 0.2) is 47.4 Å². The van der Waals surface area contributed by atoms with Gasteiger partial charge in [0.15, 0.2) is 0 Å². The third-order valence-corrected chi connectivity index (χ3v) is 3.77. The lowest BCUT2D eigenvalue weighted by molar-refractivity contribution is 0.711. The minimum Gasteiger partial charge on any atom is -0.384 e. The van der Waals surface area contributed by atoms with Gasteiger partial charge in [-0.15, -0.1) is 0 Å². The molecule has 0 bridgehead atoms. The molecule has 0 aliphatic carbocycles. The monoisotopic (exact) mass is 282 g/mol. The molecule has 21 heavy (non-hydrogen) atoms. The van der Waals surface area contributed by atoms with Crippen molar-refractivity contribution in [1.29, 1.82) is 0 Å². The molecule has 3 rings (SSSR count). The minimum absolute atomic E-state index is 0.00302. The highest BCUT2D eigenvalue weighted by molar-refractivity contribution is 5.91. The lowest BCUT2D eigenvalue weighted by Crippen LogP contribution is -2.18. The van der Waals surface area contributed by atoms with Gasteiger partial charge in [-0.1, -0.05) is 18.2 Å². The smallest absolute Gasteiger partial charge is 0.252 e. The molecule has 0 saturated carbocycles. The van der Waals surface area contributed by atoms with Gasteiger partial charge in [0, 0.05) is 56.1 Å². The first-order valence-corrected chi connectivity index (χ1v) is 6.96. The number of aromatic nitrogens is 3. The molecule has 5 nitrogen and oxygen atoms in total. The van der Waals surface area contributed by atoms with Crippen LogP contribution >= 0.6 is 0 Å². The molecule has 0 spiro atoms. The molecule has 1 N–H and O–H groups in total. The summed E-state index contributed by atoms with van der Waals surface area (Å²) in [6, 6.07) is 11.6. The Labute approximate surface area is 122 Å². The summed E-state index contributed by atoms with van der Waals surface area (Å²) in [5.41, 5.74) is 2.98. The third kappa shape index (κ3) is 2.54. The fraction of sp³-hybridized carbons (Fsp3) is 0.250. The molecular formula is C16H18N4O. The number of nitrogens with zero attached hydrogens (tertiary/aromatic N) is 3. The molecule has 0 atom stereocenters. The highest BCUT2D eigenvalue weighted by atomic mass is 16.1. The van der Waals surface area contributed by atoms with E-state index in [1.54, 1.807) is 23.9 Å². The molecule has 0 amide bonds. The van der Waals surface area contributed by atoms with Gasteiger partial charge >= 0.3 is 0 Å². The zero-order chi connectivity index (χ0) is 14.8. The summed E-state index contributed by atoms with van der Waals surface area (Å²) in [6.07, 6.45) is 2.66. The summed E-state index contributed by atoms with van der Waals surface area (Å²) in [7, 11) is 3.73. The molecular weight excluding hydrogens is 264 g/mol. The van der Waals surface area contributed by atoms with E-state index in [-0.39, 0.29) is 5.56 Å². The lowest BCUT2D eigenvalue weighted by atomic mass is 10.1. The normalized spacial score (nSPS) is 11.0. The lowest BCUT2D eigenvalue weighted by Gasteiger charge is -2.12. The van der Waals surface area contributed by atoms with E-state index in [0.717, 1.165) is 35.2 Å². The Hall–Kier alpha value is -2.56. The number of pyridine rings is 1. The van der Waals surface area contributed by atoms with E-state index in [2.05, 4.69) is 10.4 Å². The van der Waals surface area contributed by atoms with Crippen molar-refractivity contribution in [1.82, 2.24) is 14.3 Å². The number of anilines is 1. The molecule has 3 aromatic rings. The van der Waals surface area contributed by atoms with Gasteiger partial charge in [-0.2, -0.15) is 5.10 Å². The van der Waals surface area contributed by atoms with Crippen LogP contribution in [0.3, 0.4) is 0 Å². The Morgan fingerprint density at radius 3 is 2.76 bits per heavy atom. The van der Waals surface area contributed by atoms with E-state index >= 15 is 0 Å². The summed E-state index contributed by atoms with van der Waals surface area (Å²) in [5.74, 6) is 0. The zero-order valence-electron chi connectivity index (χ0n) is 12.2. The van der Waals surface area contributed by atoms with E-state index in [1.165, 1.54) is 0 Å². The van der Waals surface area contributed by atoms with Crippen LogP contribution in [0.2, 0.25) is 0 Å². The number of hydrogen-bond donors (Lipinski definition) is 1. The van der Waals surface area contributed by atoms with Gasteiger partial charge in [-0.25, -0.2) is 0 Å². The van der Waals surface area contributed by atoms with E-state index < -0.39 is 0 Å². The molecule has 0 radical (unpaired) electrons. The Balaban J connectivity index is 1.86. The average molecular weight is 282 g/mol. The van der Waals surface area contributed by atoms with Crippen LogP contribution in [-0.2, 0) is 20.5 Å². The van der Waals surface area contributed by atoms with E-state index in [1.807, 2.05) is 42.1 Å². The fourth-order valence-electron chi connectivity index (χ4n) is 2.53. The van der Waals surface area contributed by atoms with Crippen molar-refractivity contribution >= 4 is 16.6 Å². The second-order valence-electron chi connectivity index (χ2n) is 5.10. The van der Waals surface area contributed by atoms with Crippen LogP contribution in [0.25, 0.3) is 10.9 Å². The van der Waals surface area contributed by atoms with Gasteiger partial charge in [0.2, 0.25) is 0 Å². The predicted octanol–water partition coefficient (Wildman–Crippen LogP) is 1.93. The van der Waals surface area contributed by atoms with Crippen LogP contribution in [0.4, 0.5) is 5.69 Å². The first-order chi connectivity index (χ1) is 10.2. The van der Waals surface area contributed by atoms with Gasteiger partial charge in [0.05, 0.1) is 5.52 Å². The zero-order valence-corrected chi connectivity index (χ0v) is 12.2. The molecule has 2 heterocycles. The summed E-state index contributed by atoms with van der Waals surface area (Å²) in [5, 5.41) is 8.58. The molecule has 1 aromatic carbocycles. The Kier molecular flexibility index (Phi) is 3.48. The molecule has 5 heteroatoms. The van der Waals surface area contributed by atoms with Crippen molar-refractivity contribution in [3.63, 3.8) is 0 Å². The summed E-state index contributed by atoms with van der Waals surface area (Å²) in [4.78, 5) is 12.0. The van der Waals surface area contributed by atoms with Crippen molar-refractivity contribution in [3.05, 3.63) is 58.6 Å². The van der Waals surface area contributed by atoms with E-state index in [4.69, 9.17) is 0 Å². The molecule has 0 unspecified atom stereocenters. The summed E-state index contributed by atoms with van der Waals surface area (Å²) < 4.78 is 3.53. The third-order valence-electron chi connectivity index (χ3n) is 3.77. The highest BCUT2D eigenvalue weighted by Crippen LogP contribution is 2.20. The second-order valence-corrected chi connectivity index (χ2v) is 5.10. The Morgan fingerprint density at radius 2 is 2.00 bits per heavy atom. The Bertz CT molecular complexity index is 832. The van der Waals surface area contributed by atoms with Gasteiger partial charge in [0.25, 0.3) is 5.56 Å². The molecule has 2 aromatic heterocycles. The average Bonchev–Trinajstić information content (AvgIpc) is 2.90. The van der Waals surface area contributed by atoms with Crippen LogP contribution in [0.1, 0.15) is 5.69 Å². The standard InChI is InChI=1S/C16H18N4O/c1-19-15-6-4-3-5-13(15)14(11-16(19)21)17-9-7-12-8-10-18-20(12)2/h3-6,8,10-11,17H,7,9H2,1-2H3. The second kappa shape index (κ2) is 5.44. The van der Waals surface area contributed by atoms with Crippen LogP contribution in [0, 0.1) is 0 Å². The minimum atomic E-state index is -0.00302. The molecule has 0 saturated heterocycles. The topological polar surface area (TPSA) is 51.9 Å². The van der Waals surface area contributed by atoms with Crippen molar-refractivity contribution in [2.75, 3.05) is 11.9 Å². The SMILES string of the molecule is Cn1nccc1CCNc1cc(=O)n(C)c2ccccc12. The Morgan fingerprint density at radius 1 is 1.19 bits per heavy atom. The van der Waals surface area contributed by atoms with Gasteiger partial charge in [0.1, 0.15) is 0 Å². The van der Waals surface area contributed by atoms with Crippen molar-refractivity contribution in [3.8, 4) is 0 Å². The van der Waals surface area contributed by atoms with Gasteiger partial charge in [-0.3, -0.25) is 9.48 Å². The maximum atomic E-state index is 12.0. The predicted molar refractivity (Wildman–Crippen MR) is 84.6 cm³/mol.